The quantitative estimate of drug-likeness (QED) is 0.550. The Bertz CT molecular complexity index is 581. The van der Waals surface area contributed by atoms with E-state index in [4.69, 9.17) is 0 Å². The largest absolute Gasteiger partial charge is 0.419 e. The van der Waals surface area contributed by atoms with Crippen LogP contribution >= 0.6 is 15.9 Å². The maximum atomic E-state index is 13.1. The van der Waals surface area contributed by atoms with E-state index in [2.05, 4.69) is 20.9 Å². The Morgan fingerprint density at radius 1 is 1.06 bits per heavy atom. The Morgan fingerprint density at radius 2 is 1.78 bits per heavy atom. The van der Waals surface area contributed by atoms with Crippen LogP contribution in [0.5, 0.6) is 0 Å². The summed E-state index contributed by atoms with van der Waals surface area (Å²) in [5.74, 6) is -1.29. The zero-order valence-electron chi connectivity index (χ0n) is 8.80. The van der Waals surface area contributed by atoms with E-state index in [0.29, 0.717) is 10.3 Å². The summed E-state index contributed by atoms with van der Waals surface area (Å²) in [6.07, 6.45) is -4.72. The molecular weight excluding hydrogens is 314 g/mol. The van der Waals surface area contributed by atoms with E-state index in [0.717, 1.165) is 12.1 Å². The number of benzene rings is 1. The van der Waals surface area contributed by atoms with Crippen LogP contribution in [0.2, 0.25) is 0 Å². The smallest absolute Gasteiger partial charge is 0.241 e. The molecule has 0 N–H and O–H groups in total. The zero-order valence-corrected chi connectivity index (χ0v) is 10.4. The van der Waals surface area contributed by atoms with E-state index in [1.807, 2.05) is 0 Å². The molecule has 2 aromatic rings. The van der Waals surface area contributed by atoms with Crippen LogP contribution in [0.3, 0.4) is 0 Å². The molecule has 0 saturated carbocycles. The van der Waals surface area contributed by atoms with Gasteiger partial charge in [-0.2, -0.15) is 13.2 Å². The van der Waals surface area contributed by atoms with Gasteiger partial charge in [0.25, 0.3) is 0 Å². The number of hydrogen-bond acceptors (Lipinski definition) is 1. The van der Waals surface area contributed by atoms with Gasteiger partial charge in [-0.3, -0.25) is 0 Å². The van der Waals surface area contributed by atoms with Crippen molar-refractivity contribution in [3.05, 3.63) is 52.4 Å². The Balaban J connectivity index is 2.54. The first-order chi connectivity index (χ1) is 8.38. The summed E-state index contributed by atoms with van der Waals surface area (Å²) < 4.78 is 51.3. The van der Waals surface area contributed by atoms with Crippen molar-refractivity contribution in [3.8, 4) is 11.3 Å². The molecule has 2 rings (SSSR count). The molecule has 0 atom stereocenters. The normalized spacial score (nSPS) is 11.6. The number of hydrogen-bond donors (Lipinski definition) is 0. The van der Waals surface area contributed by atoms with Gasteiger partial charge in [-0.05, 0) is 46.3 Å². The summed E-state index contributed by atoms with van der Waals surface area (Å²) in [5.41, 5.74) is -0.735. The predicted molar refractivity (Wildman–Crippen MR) is 62.3 cm³/mol. The first-order valence-corrected chi connectivity index (χ1v) is 5.67. The minimum absolute atomic E-state index is 0.213. The monoisotopic (exact) mass is 319 g/mol. The van der Waals surface area contributed by atoms with E-state index in [1.165, 1.54) is 6.07 Å². The van der Waals surface area contributed by atoms with E-state index in [-0.39, 0.29) is 5.56 Å². The molecule has 0 aliphatic carbocycles. The Kier molecular flexibility index (Phi) is 3.38. The number of alkyl halides is 3. The first-order valence-electron chi connectivity index (χ1n) is 4.87. The van der Waals surface area contributed by atoms with Crippen LogP contribution in [0.15, 0.2) is 41.0 Å². The molecule has 0 fully saturated rings. The van der Waals surface area contributed by atoms with Crippen LogP contribution in [-0.4, -0.2) is 4.98 Å². The summed E-state index contributed by atoms with van der Waals surface area (Å²) in [6.45, 7) is 0. The van der Waals surface area contributed by atoms with Crippen LogP contribution in [0.25, 0.3) is 11.3 Å². The average Bonchev–Trinajstić information content (AvgIpc) is 2.28. The number of nitrogens with zero attached hydrogens (tertiary/aromatic N) is 1. The van der Waals surface area contributed by atoms with Gasteiger partial charge in [0.15, 0.2) is 0 Å². The lowest BCUT2D eigenvalue weighted by molar-refractivity contribution is -0.139. The SMILES string of the molecule is Fc1ccc(-c2cccc(Br)n2)cc1C(F)(F)F. The number of aromatic nitrogens is 1. The maximum Gasteiger partial charge on any atom is 0.419 e. The van der Waals surface area contributed by atoms with Crippen LogP contribution in [0.1, 0.15) is 5.56 Å². The van der Waals surface area contributed by atoms with Gasteiger partial charge in [0.1, 0.15) is 10.4 Å². The predicted octanol–water partition coefficient (Wildman–Crippen LogP) is 4.67. The molecule has 0 unspecified atom stereocenters. The molecule has 1 aromatic carbocycles. The molecule has 0 spiro atoms. The molecule has 94 valence electrons. The van der Waals surface area contributed by atoms with Gasteiger partial charge in [0.2, 0.25) is 0 Å². The summed E-state index contributed by atoms with van der Waals surface area (Å²) in [6, 6.07) is 7.66. The van der Waals surface area contributed by atoms with E-state index in [9.17, 15) is 17.6 Å². The van der Waals surface area contributed by atoms with Crippen LogP contribution < -0.4 is 0 Å². The fourth-order valence-corrected chi connectivity index (χ4v) is 1.81. The summed E-state index contributed by atoms with van der Waals surface area (Å²) in [7, 11) is 0. The molecule has 18 heavy (non-hydrogen) atoms. The molecule has 0 radical (unpaired) electrons. The minimum Gasteiger partial charge on any atom is -0.241 e. The van der Waals surface area contributed by atoms with Crippen molar-refractivity contribution in [3.63, 3.8) is 0 Å². The number of halogens is 5. The molecule has 0 aliphatic rings. The molecular formula is C12H6BrF4N. The van der Waals surface area contributed by atoms with Crippen molar-refractivity contribution in [1.82, 2.24) is 4.98 Å². The molecule has 0 saturated heterocycles. The van der Waals surface area contributed by atoms with Crippen molar-refractivity contribution >= 4 is 15.9 Å². The van der Waals surface area contributed by atoms with Crippen molar-refractivity contribution in [2.24, 2.45) is 0 Å². The lowest BCUT2D eigenvalue weighted by atomic mass is 10.1. The third kappa shape index (κ3) is 2.69. The summed E-state index contributed by atoms with van der Waals surface area (Å²) in [4.78, 5) is 4.02. The van der Waals surface area contributed by atoms with Gasteiger partial charge >= 0.3 is 6.18 Å². The van der Waals surface area contributed by atoms with Crippen molar-refractivity contribution in [2.75, 3.05) is 0 Å². The summed E-state index contributed by atoms with van der Waals surface area (Å²) in [5, 5.41) is 0. The first kappa shape index (κ1) is 13.0. The fraction of sp³-hybridized carbons (Fsp3) is 0.0833. The third-order valence-corrected chi connectivity index (χ3v) is 2.72. The third-order valence-electron chi connectivity index (χ3n) is 2.28. The highest BCUT2D eigenvalue weighted by atomic mass is 79.9. The van der Waals surface area contributed by atoms with Gasteiger partial charge in [-0.1, -0.05) is 6.07 Å². The molecule has 1 nitrogen and oxygen atoms in total. The molecule has 0 amide bonds. The highest BCUT2D eigenvalue weighted by Crippen LogP contribution is 2.34. The lowest BCUT2D eigenvalue weighted by Crippen LogP contribution is -2.08. The van der Waals surface area contributed by atoms with Gasteiger partial charge in [-0.25, -0.2) is 9.37 Å². The zero-order chi connectivity index (χ0) is 13.3. The fourth-order valence-electron chi connectivity index (χ4n) is 1.47. The standard InChI is InChI=1S/C12H6BrF4N/c13-11-3-1-2-10(18-11)7-4-5-9(14)8(6-7)12(15,16)17/h1-6H. The van der Waals surface area contributed by atoms with Crippen LogP contribution in [0.4, 0.5) is 17.6 Å². The topological polar surface area (TPSA) is 12.9 Å². The molecule has 6 heteroatoms. The van der Waals surface area contributed by atoms with Crippen molar-refractivity contribution in [1.29, 1.82) is 0 Å². The van der Waals surface area contributed by atoms with Gasteiger partial charge in [0, 0.05) is 5.56 Å². The van der Waals surface area contributed by atoms with Crippen LogP contribution in [0, 0.1) is 5.82 Å². The Hall–Kier alpha value is -1.43. The Labute approximate surface area is 109 Å². The van der Waals surface area contributed by atoms with Gasteiger partial charge in [0.05, 0.1) is 11.3 Å². The van der Waals surface area contributed by atoms with Crippen molar-refractivity contribution < 1.29 is 17.6 Å². The second-order valence-electron chi connectivity index (χ2n) is 3.54. The molecule has 0 aliphatic heterocycles. The lowest BCUT2D eigenvalue weighted by Gasteiger charge is -2.09. The number of pyridine rings is 1. The minimum atomic E-state index is -4.72. The second kappa shape index (κ2) is 4.68. The molecule has 1 heterocycles. The van der Waals surface area contributed by atoms with E-state index in [1.54, 1.807) is 18.2 Å². The Morgan fingerprint density at radius 3 is 2.39 bits per heavy atom. The maximum absolute atomic E-state index is 13.1. The summed E-state index contributed by atoms with van der Waals surface area (Å²) >= 11 is 3.12. The van der Waals surface area contributed by atoms with E-state index >= 15 is 0 Å². The number of rotatable bonds is 1. The van der Waals surface area contributed by atoms with Gasteiger partial charge in [-0.15, -0.1) is 0 Å². The highest BCUT2D eigenvalue weighted by Gasteiger charge is 2.34. The average molecular weight is 320 g/mol. The molecule has 1 aromatic heterocycles. The highest BCUT2D eigenvalue weighted by molar-refractivity contribution is 9.10. The van der Waals surface area contributed by atoms with Crippen LogP contribution in [-0.2, 0) is 6.18 Å². The second-order valence-corrected chi connectivity index (χ2v) is 4.35. The van der Waals surface area contributed by atoms with Crippen molar-refractivity contribution in [2.45, 2.75) is 6.18 Å². The molecule has 0 bridgehead atoms. The van der Waals surface area contributed by atoms with Gasteiger partial charge < -0.3 is 0 Å². The van der Waals surface area contributed by atoms with E-state index < -0.39 is 17.6 Å².